The molecule has 6 aliphatic rings. The van der Waals surface area contributed by atoms with Gasteiger partial charge in [0.05, 0.1) is 11.7 Å². The van der Waals surface area contributed by atoms with Gasteiger partial charge in [-0.1, -0.05) is 96.0 Å². The van der Waals surface area contributed by atoms with Crippen molar-refractivity contribution in [2.24, 2.45) is 73.6 Å². The number of nitrogens with zero attached hydrogens (tertiary/aromatic N) is 1. The van der Waals surface area contributed by atoms with Crippen LogP contribution in [0.4, 0.5) is 0 Å². The second-order valence-corrected chi connectivity index (χ2v) is 19.2. The lowest BCUT2D eigenvalue weighted by molar-refractivity contribution is -0.169. The highest BCUT2D eigenvalue weighted by molar-refractivity contribution is 6.02. The molecule has 56 heavy (non-hydrogen) atoms. The Hall–Kier alpha value is -3.86. The number of hydrogen-bond acceptors (Lipinski definition) is 7. The fourth-order valence-corrected chi connectivity index (χ4v) is 13.8. The third kappa shape index (κ3) is 5.52. The summed E-state index contributed by atoms with van der Waals surface area (Å²) in [5.74, 6) is -3.64. The predicted octanol–water partition coefficient (Wildman–Crippen LogP) is 5.76. The molecule has 3 saturated carbocycles. The molecule has 10 nitrogen and oxygen atoms in total. The Bertz CT molecular complexity index is 1960. The highest BCUT2D eigenvalue weighted by Crippen LogP contribution is 2.80. The quantitative estimate of drug-likeness (QED) is 0.0742. The molecule has 0 radical (unpaired) electrons. The van der Waals surface area contributed by atoms with Gasteiger partial charge in [-0.05, 0) is 85.0 Å². The number of benzene rings is 1. The van der Waals surface area contributed by atoms with Crippen LogP contribution in [0, 0.1) is 57.2 Å². The van der Waals surface area contributed by atoms with Gasteiger partial charge in [-0.3, -0.25) is 14.6 Å². The Morgan fingerprint density at radius 3 is 2.32 bits per heavy atom. The summed E-state index contributed by atoms with van der Waals surface area (Å²) in [6, 6.07) is 9.87. The SMILES string of the molecule is C/C(=C\[C@@H](O)[C@@H](CN=C(N)N)[C@@H](C)[C@H]1C[C@@]2(O)C=C[C@]3(O)C4=C(C(=O)C[C@@]1(C1CCCC1)[C@]42C)[C@@]1(C)CCC(=O)C(C)(C)[C@H]1[C@H]3/C=C/c1ccccc1)C(=O)O. The van der Waals surface area contributed by atoms with E-state index in [-0.39, 0.29) is 54.3 Å². The summed E-state index contributed by atoms with van der Waals surface area (Å²) in [7, 11) is 0. The van der Waals surface area contributed by atoms with Crippen molar-refractivity contribution in [1.29, 1.82) is 0 Å². The number of aliphatic hydroxyl groups excluding tert-OH is 1. The van der Waals surface area contributed by atoms with Crippen LogP contribution in [0.2, 0.25) is 0 Å². The molecule has 0 aliphatic heterocycles. The third-order valence-electron chi connectivity index (χ3n) is 16.3. The van der Waals surface area contributed by atoms with E-state index in [1.807, 2.05) is 63.3 Å². The maximum absolute atomic E-state index is 15.6. The average Bonchev–Trinajstić information content (AvgIpc) is 3.75. The Morgan fingerprint density at radius 1 is 1.04 bits per heavy atom. The number of carbonyl (C=O) groups is 3. The van der Waals surface area contributed by atoms with Gasteiger partial charge in [-0.25, -0.2) is 4.79 Å². The second kappa shape index (κ2) is 13.6. The first-order chi connectivity index (χ1) is 26.2. The van der Waals surface area contributed by atoms with Crippen molar-refractivity contribution in [3.63, 3.8) is 0 Å². The monoisotopic (exact) mass is 767 g/mol. The molecule has 6 aliphatic carbocycles. The Morgan fingerprint density at radius 2 is 1.70 bits per heavy atom. The van der Waals surface area contributed by atoms with E-state index in [1.54, 1.807) is 12.2 Å². The summed E-state index contributed by atoms with van der Waals surface area (Å²) in [5, 5.41) is 48.6. The zero-order valence-electron chi connectivity index (χ0n) is 33.8. The van der Waals surface area contributed by atoms with Crippen molar-refractivity contribution in [3.05, 3.63) is 76.9 Å². The molecule has 10 heteroatoms. The summed E-state index contributed by atoms with van der Waals surface area (Å²) in [6.07, 6.45) is 12.5. The van der Waals surface area contributed by atoms with Gasteiger partial charge in [0.1, 0.15) is 11.4 Å². The number of allylic oxidation sites excluding steroid dienone is 1. The maximum Gasteiger partial charge on any atom is 0.331 e. The van der Waals surface area contributed by atoms with Crippen LogP contribution in [0.15, 0.2) is 76.3 Å². The Labute approximate surface area is 330 Å². The van der Waals surface area contributed by atoms with E-state index in [1.165, 1.54) is 13.0 Å². The van der Waals surface area contributed by atoms with E-state index >= 15 is 4.79 Å². The summed E-state index contributed by atoms with van der Waals surface area (Å²) < 4.78 is 0. The number of aliphatic imine (C=N–C) groups is 1. The summed E-state index contributed by atoms with van der Waals surface area (Å²) >= 11 is 0. The third-order valence-corrected chi connectivity index (χ3v) is 16.3. The van der Waals surface area contributed by atoms with Gasteiger partial charge in [0, 0.05) is 58.6 Å². The number of rotatable bonds is 10. The van der Waals surface area contributed by atoms with E-state index < -0.39 is 68.6 Å². The molecule has 0 unspecified atom stereocenters. The number of guanidine groups is 1. The molecule has 0 spiro atoms. The molecule has 1 aromatic carbocycles. The van der Waals surface area contributed by atoms with Crippen LogP contribution >= 0.6 is 0 Å². The number of nitrogens with two attached hydrogens (primary N) is 2. The number of hydrogen-bond donors (Lipinski definition) is 6. The average molecular weight is 768 g/mol. The molecule has 0 heterocycles. The van der Waals surface area contributed by atoms with E-state index in [9.17, 15) is 30.0 Å². The minimum atomic E-state index is -1.70. The number of aliphatic carboxylic acids is 1. The molecule has 8 N–H and O–H groups in total. The molecule has 3 fully saturated rings. The van der Waals surface area contributed by atoms with E-state index in [4.69, 9.17) is 11.5 Å². The first-order valence-corrected chi connectivity index (χ1v) is 20.6. The largest absolute Gasteiger partial charge is 0.478 e. The van der Waals surface area contributed by atoms with Gasteiger partial charge in [-0.15, -0.1) is 0 Å². The van der Waals surface area contributed by atoms with Gasteiger partial charge in [0.25, 0.3) is 0 Å². The number of aliphatic hydroxyl groups is 3. The fourth-order valence-electron chi connectivity index (χ4n) is 13.8. The molecule has 11 atom stereocenters. The van der Waals surface area contributed by atoms with Crippen molar-refractivity contribution in [3.8, 4) is 0 Å². The smallest absolute Gasteiger partial charge is 0.331 e. The highest BCUT2D eigenvalue weighted by atomic mass is 16.4. The zero-order valence-corrected chi connectivity index (χ0v) is 33.8. The minimum Gasteiger partial charge on any atom is -0.478 e. The second-order valence-electron chi connectivity index (χ2n) is 19.2. The maximum atomic E-state index is 15.6. The molecule has 0 saturated heterocycles. The number of carbonyl (C=O) groups excluding carboxylic acids is 2. The van der Waals surface area contributed by atoms with E-state index in [0.717, 1.165) is 31.2 Å². The van der Waals surface area contributed by atoms with Crippen molar-refractivity contribution in [1.82, 2.24) is 0 Å². The van der Waals surface area contributed by atoms with Crippen molar-refractivity contribution in [2.45, 2.75) is 110 Å². The zero-order chi connectivity index (χ0) is 40.8. The van der Waals surface area contributed by atoms with Crippen LogP contribution in [0.1, 0.15) is 98.5 Å². The van der Waals surface area contributed by atoms with Gasteiger partial charge in [-0.2, -0.15) is 0 Å². The molecular formula is C46H61N3O7. The highest BCUT2D eigenvalue weighted by Gasteiger charge is 2.81. The lowest BCUT2D eigenvalue weighted by Gasteiger charge is -2.69. The topological polar surface area (TPSA) is 197 Å². The van der Waals surface area contributed by atoms with Crippen LogP contribution < -0.4 is 11.5 Å². The van der Waals surface area contributed by atoms with E-state index in [0.29, 0.717) is 24.0 Å². The summed E-state index contributed by atoms with van der Waals surface area (Å²) in [4.78, 5) is 45.7. The number of Topliss-reactive ketones (excluding diaryl/α,β-unsaturated/α-hetero) is 2. The number of carboxylic acid groups (broad SMARTS) is 1. The van der Waals surface area contributed by atoms with Crippen molar-refractivity contribution < 1.29 is 34.8 Å². The van der Waals surface area contributed by atoms with Crippen LogP contribution in [0.5, 0.6) is 0 Å². The van der Waals surface area contributed by atoms with Gasteiger partial charge in [0.2, 0.25) is 0 Å². The summed E-state index contributed by atoms with van der Waals surface area (Å²) in [5.41, 5.74) is 7.01. The Kier molecular flexibility index (Phi) is 9.81. The van der Waals surface area contributed by atoms with Crippen LogP contribution in [0.3, 0.4) is 0 Å². The first-order valence-electron chi connectivity index (χ1n) is 20.6. The lowest BCUT2D eigenvalue weighted by atomic mass is 9.34. The van der Waals surface area contributed by atoms with Crippen LogP contribution in [-0.4, -0.2) is 67.8 Å². The molecule has 0 amide bonds. The predicted molar refractivity (Wildman–Crippen MR) is 216 cm³/mol. The van der Waals surface area contributed by atoms with Crippen LogP contribution in [0.25, 0.3) is 6.08 Å². The molecular weight excluding hydrogens is 707 g/mol. The number of fused-ring (bicyclic) bond motifs is 2. The summed E-state index contributed by atoms with van der Waals surface area (Å²) in [6.45, 7) is 11.6. The molecule has 0 aromatic heterocycles. The lowest BCUT2D eigenvalue weighted by Crippen LogP contribution is -2.70. The molecule has 0 bridgehead atoms. The molecule has 1 aromatic rings. The molecule has 7 rings (SSSR count). The first kappa shape index (κ1) is 40.3. The number of carboxylic acids is 1. The standard InChI is InChI=1S/C46H61N3O7/c1-26(39(53)54)22-33(50)30(25-49-40(47)48)27(2)32-23-44(55)20-21-46(56)31(17-16-28-12-8-7-9-13-28)37-41(3,4)35(52)18-19-42(37,5)36-34(51)24-45(32,29-14-10-11-15-29)43(44,6)38(36)46/h7-9,12-13,16-17,20-22,27,29-33,37,50,55-56H,10-11,14-15,18-19,23-25H2,1-6H3,(H,53,54)(H4,47,48,49)/b17-16+,26-22+/t27-,30+,31-,32-,33-,37-,42-,43-,44+,45+,46-/m1/s1. The fraction of sp³-hybridized carbons (Fsp3) is 0.609. The Balaban J connectivity index is 1.49. The molecule has 302 valence electrons. The van der Waals surface area contributed by atoms with Gasteiger partial charge < -0.3 is 31.9 Å². The van der Waals surface area contributed by atoms with Crippen LogP contribution in [-0.2, 0) is 14.4 Å². The van der Waals surface area contributed by atoms with Gasteiger partial charge >= 0.3 is 5.97 Å². The van der Waals surface area contributed by atoms with Crippen molar-refractivity contribution in [2.75, 3.05) is 6.54 Å². The number of ketones is 2. The normalized spacial score (nSPS) is 39.3. The van der Waals surface area contributed by atoms with Gasteiger partial charge in [0.15, 0.2) is 11.7 Å². The van der Waals surface area contributed by atoms with E-state index in [2.05, 4.69) is 18.8 Å². The minimum absolute atomic E-state index is 0.0113. The van der Waals surface area contributed by atoms with Crippen molar-refractivity contribution >= 4 is 29.6 Å².